The van der Waals surface area contributed by atoms with Gasteiger partial charge in [0.1, 0.15) is 0 Å². The Balaban J connectivity index is 4.34. The first-order valence-electron chi connectivity index (χ1n) is 19.4. The van der Waals surface area contributed by atoms with E-state index < -0.39 is 20.0 Å². The van der Waals surface area contributed by atoms with Crippen LogP contribution in [0.4, 0.5) is 0 Å². The van der Waals surface area contributed by atoms with Gasteiger partial charge in [-0.25, -0.2) is 4.57 Å². The number of nitrogens with two attached hydrogens (primary N) is 1. The molecule has 9 heteroatoms. The molecular formula is C40H73N2O6P. The molecule has 0 aliphatic heterocycles. The van der Waals surface area contributed by atoms with Gasteiger partial charge in [-0.2, -0.15) is 0 Å². The number of carbonyl (C=O) groups excluding carboxylic acids is 1. The van der Waals surface area contributed by atoms with Gasteiger partial charge in [-0.15, -0.1) is 0 Å². The number of aliphatic hydroxyl groups is 1. The van der Waals surface area contributed by atoms with E-state index in [1.807, 2.05) is 6.08 Å². The maximum atomic E-state index is 12.7. The van der Waals surface area contributed by atoms with Gasteiger partial charge in [-0.05, 0) is 70.6 Å². The number of rotatable bonds is 35. The standard InChI is InChI=1S/C40H73N2O6P/c1-3-5-7-9-11-13-15-17-18-19-20-21-22-24-26-28-30-32-34-40(44)42-38(37-48-49(45,46)47-36-35-41)39(43)33-31-29-27-25-23-16-14-12-10-8-6-4-2/h10,12-13,15,18-19,23,25,31,33,38-39,43H,3-9,11,14,16-17,20-22,24,26-30,32,34-37,41H2,1-2H3,(H,42,44)(H,45,46)/b12-10+,15-13-,19-18-,25-23+,33-31+. The van der Waals surface area contributed by atoms with Gasteiger partial charge < -0.3 is 21.1 Å². The Morgan fingerprint density at radius 3 is 1.76 bits per heavy atom. The van der Waals surface area contributed by atoms with Crippen molar-refractivity contribution in [3.63, 3.8) is 0 Å². The number of hydrogen-bond donors (Lipinski definition) is 4. The van der Waals surface area contributed by atoms with Crippen LogP contribution in [0.25, 0.3) is 0 Å². The Labute approximate surface area is 300 Å². The molecule has 0 spiro atoms. The third-order valence-electron chi connectivity index (χ3n) is 8.04. The van der Waals surface area contributed by atoms with Gasteiger partial charge in [0.05, 0.1) is 25.4 Å². The average molecular weight is 709 g/mol. The van der Waals surface area contributed by atoms with E-state index in [0.29, 0.717) is 6.42 Å². The second-order valence-corrected chi connectivity index (χ2v) is 14.2. The van der Waals surface area contributed by atoms with Gasteiger partial charge in [0.15, 0.2) is 0 Å². The Hall–Kier alpha value is -1.80. The van der Waals surface area contributed by atoms with Crippen LogP contribution in [0.2, 0.25) is 0 Å². The molecule has 0 fully saturated rings. The summed E-state index contributed by atoms with van der Waals surface area (Å²) in [4.78, 5) is 22.6. The second-order valence-electron chi connectivity index (χ2n) is 12.8. The molecule has 0 aromatic rings. The van der Waals surface area contributed by atoms with Crippen LogP contribution >= 0.6 is 7.82 Å². The zero-order valence-corrected chi connectivity index (χ0v) is 32.1. The first-order chi connectivity index (χ1) is 23.9. The van der Waals surface area contributed by atoms with Crippen molar-refractivity contribution in [2.45, 2.75) is 167 Å². The lowest BCUT2D eigenvalue weighted by Crippen LogP contribution is -2.45. The van der Waals surface area contributed by atoms with Gasteiger partial charge >= 0.3 is 7.82 Å². The zero-order chi connectivity index (χ0) is 36.1. The van der Waals surface area contributed by atoms with Gasteiger partial charge in [-0.1, -0.05) is 139 Å². The van der Waals surface area contributed by atoms with Crippen LogP contribution in [0.3, 0.4) is 0 Å². The molecule has 0 aliphatic rings. The Morgan fingerprint density at radius 1 is 0.673 bits per heavy atom. The van der Waals surface area contributed by atoms with Crippen molar-refractivity contribution >= 4 is 13.7 Å². The highest BCUT2D eigenvalue weighted by Crippen LogP contribution is 2.43. The number of carbonyl (C=O) groups is 1. The molecule has 3 atom stereocenters. The van der Waals surface area contributed by atoms with E-state index in [9.17, 15) is 19.4 Å². The summed E-state index contributed by atoms with van der Waals surface area (Å²) in [6.07, 6.45) is 44.1. The van der Waals surface area contributed by atoms with Crippen molar-refractivity contribution in [3.05, 3.63) is 60.8 Å². The predicted molar refractivity (Wildman–Crippen MR) is 207 cm³/mol. The van der Waals surface area contributed by atoms with Crippen LogP contribution < -0.4 is 11.1 Å². The van der Waals surface area contributed by atoms with E-state index in [1.54, 1.807) is 6.08 Å². The summed E-state index contributed by atoms with van der Waals surface area (Å²) in [5.41, 5.74) is 5.35. The molecule has 5 N–H and O–H groups in total. The molecule has 1 amide bonds. The number of allylic oxidation sites excluding steroid dienone is 9. The lowest BCUT2D eigenvalue weighted by Gasteiger charge is -2.23. The minimum absolute atomic E-state index is 0.0678. The number of phosphoric acid groups is 1. The van der Waals surface area contributed by atoms with Crippen molar-refractivity contribution < 1.29 is 28.4 Å². The highest BCUT2D eigenvalue weighted by molar-refractivity contribution is 7.47. The molecule has 0 radical (unpaired) electrons. The summed E-state index contributed by atoms with van der Waals surface area (Å²) in [5, 5.41) is 13.6. The van der Waals surface area contributed by atoms with Crippen molar-refractivity contribution in [2.75, 3.05) is 19.8 Å². The molecule has 0 rings (SSSR count). The summed E-state index contributed by atoms with van der Waals surface area (Å²) in [5.74, 6) is -0.221. The summed E-state index contributed by atoms with van der Waals surface area (Å²) in [7, 11) is -4.35. The summed E-state index contributed by atoms with van der Waals surface area (Å²) >= 11 is 0. The van der Waals surface area contributed by atoms with Crippen molar-refractivity contribution in [1.82, 2.24) is 5.32 Å². The second kappa shape index (κ2) is 36.0. The maximum Gasteiger partial charge on any atom is 0.472 e. The van der Waals surface area contributed by atoms with Crippen LogP contribution in [0.15, 0.2) is 60.8 Å². The third kappa shape index (κ3) is 34.4. The van der Waals surface area contributed by atoms with Crippen LogP contribution in [0.5, 0.6) is 0 Å². The molecule has 0 bridgehead atoms. The maximum absolute atomic E-state index is 12.7. The minimum atomic E-state index is -4.35. The van der Waals surface area contributed by atoms with E-state index in [-0.39, 0.29) is 25.7 Å². The van der Waals surface area contributed by atoms with Crippen LogP contribution in [0.1, 0.15) is 155 Å². The smallest absolute Gasteiger partial charge is 0.387 e. The van der Waals surface area contributed by atoms with Gasteiger partial charge in [-0.3, -0.25) is 13.8 Å². The molecule has 0 aliphatic carbocycles. The van der Waals surface area contributed by atoms with E-state index in [4.69, 9.17) is 14.8 Å². The minimum Gasteiger partial charge on any atom is -0.387 e. The van der Waals surface area contributed by atoms with Gasteiger partial charge in [0.25, 0.3) is 0 Å². The fraction of sp³-hybridized carbons (Fsp3) is 0.725. The fourth-order valence-electron chi connectivity index (χ4n) is 5.06. The fourth-order valence-corrected chi connectivity index (χ4v) is 5.82. The molecule has 0 heterocycles. The van der Waals surface area contributed by atoms with E-state index in [1.165, 1.54) is 64.2 Å². The summed E-state index contributed by atoms with van der Waals surface area (Å²) in [6, 6.07) is -0.888. The van der Waals surface area contributed by atoms with E-state index >= 15 is 0 Å². The topological polar surface area (TPSA) is 131 Å². The average Bonchev–Trinajstić information content (AvgIpc) is 3.09. The lowest BCUT2D eigenvalue weighted by molar-refractivity contribution is -0.123. The highest BCUT2D eigenvalue weighted by Gasteiger charge is 2.26. The number of phosphoric ester groups is 1. The molecule has 8 nitrogen and oxygen atoms in total. The number of hydrogen-bond acceptors (Lipinski definition) is 6. The zero-order valence-electron chi connectivity index (χ0n) is 31.2. The molecular weight excluding hydrogens is 635 g/mol. The molecule has 0 saturated carbocycles. The van der Waals surface area contributed by atoms with Gasteiger partial charge in [0.2, 0.25) is 5.91 Å². The number of aliphatic hydroxyl groups excluding tert-OH is 1. The number of amides is 1. The van der Waals surface area contributed by atoms with Crippen molar-refractivity contribution in [2.24, 2.45) is 5.73 Å². The molecule has 0 saturated heterocycles. The van der Waals surface area contributed by atoms with E-state index in [2.05, 4.69) is 67.8 Å². The van der Waals surface area contributed by atoms with Crippen LogP contribution in [-0.4, -0.2) is 47.8 Å². The van der Waals surface area contributed by atoms with Gasteiger partial charge in [0, 0.05) is 13.0 Å². The number of unbranched alkanes of at least 4 members (excludes halogenated alkanes) is 15. The highest BCUT2D eigenvalue weighted by atomic mass is 31.2. The third-order valence-corrected chi connectivity index (χ3v) is 9.03. The quantitative estimate of drug-likeness (QED) is 0.0293. The SMILES string of the molecule is CCCC/C=C/CC/C=C/CC/C=C/C(O)C(COP(=O)(O)OCCN)NC(=O)CCCCCCCCC/C=C\C/C=C\CCCCCC. The van der Waals surface area contributed by atoms with Crippen molar-refractivity contribution in [1.29, 1.82) is 0 Å². The van der Waals surface area contributed by atoms with Crippen LogP contribution in [-0.2, 0) is 18.4 Å². The lowest BCUT2D eigenvalue weighted by atomic mass is 10.1. The number of nitrogens with one attached hydrogen (secondary N) is 1. The monoisotopic (exact) mass is 709 g/mol. The molecule has 0 aromatic heterocycles. The normalized spacial score (nSPS) is 15.0. The Morgan fingerprint density at radius 2 is 1.16 bits per heavy atom. The molecule has 3 unspecified atom stereocenters. The first kappa shape index (κ1) is 47.2. The first-order valence-corrected chi connectivity index (χ1v) is 20.9. The molecule has 0 aromatic carbocycles. The Kier molecular flexibility index (Phi) is 34.7. The summed E-state index contributed by atoms with van der Waals surface area (Å²) < 4.78 is 22.0. The van der Waals surface area contributed by atoms with E-state index in [0.717, 1.165) is 70.6 Å². The summed E-state index contributed by atoms with van der Waals surface area (Å²) in [6.45, 7) is 4.01. The predicted octanol–water partition coefficient (Wildman–Crippen LogP) is 10.3. The van der Waals surface area contributed by atoms with Crippen LogP contribution in [0, 0.1) is 0 Å². The molecule has 284 valence electrons. The Bertz CT molecular complexity index is 949. The van der Waals surface area contributed by atoms with Crippen molar-refractivity contribution in [3.8, 4) is 0 Å². The largest absolute Gasteiger partial charge is 0.472 e. The molecule has 49 heavy (non-hydrogen) atoms.